The lowest BCUT2D eigenvalue weighted by Gasteiger charge is -2.36. The Bertz CT molecular complexity index is 402. The number of esters is 1. The first-order chi connectivity index (χ1) is 9.80. The van der Waals surface area contributed by atoms with Gasteiger partial charge in [-0.3, -0.25) is 9.59 Å². The molecule has 0 spiro atoms. The molecule has 0 heterocycles. The maximum absolute atomic E-state index is 11.9. The summed E-state index contributed by atoms with van der Waals surface area (Å²) < 4.78 is 4.48. The Balaban J connectivity index is 2.56. The molecule has 1 saturated carbocycles. The monoisotopic (exact) mass is 300 g/mol. The van der Waals surface area contributed by atoms with Gasteiger partial charge in [-0.1, -0.05) is 6.92 Å². The molecule has 1 aliphatic carbocycles. The molecule has 1 rings (SSSR count). The van der Waals surface area contributed by atoms with Gasteiger partial charge in [-0.2, -0.15) is 0 Å². The van der Waals surface area contributed by atoms with Crippen LogP contribution in [0.25, 0.3) is 0 Å². The number of likely N-dealkylation sites (N-methyl/N-ethyl adjacent to an activating group) is 1. The van der Waals surface area contributed by atoms with Crippen molar-refractivity contribution in [3.05, 3.63) is 0 Å². The molecule has 0 radical (unpaired) electrons. The van der Waals surface area contributed by atoms with Crippen LogP contribution in [0.4, 0.5) is 4.79 Å². The zero-order valence-electron chi connectivity index (χ0n) is 12.8. The third-order valence-corrected chi connectivity index (χ3v) is 4.20. The highest BCUT2D eigenvalue weighted by molar-refractivity contribution is 5.81. The highest BCUT2D eigenvalue weighted by atomic mass is 16.5. The lowest BCUT2D eigenvalue weighted by atomic mass is 9.71. The second-order valence-corrected chi connectivity index (χ2v) is 5.86. The molecule has 0 unspecified atom stereocenters. The summed E-state index contributed by atoms with van der Waals surface area (Å²) >= 11 is 0. The van der Waals surface area contributed by atoms with Crippen molar-refractivity contribution in [1.82, 2.24) is 10.2 Å². The van der Waals surface area contributed by atoms with Gasteiger partial charge >= 0.3 is 18.0 Å². The van der Waals surface area contributed by atoms with Crippen molar-refractivity contribution in [1.29, 1.82) is 0 Å². The fourth-order valence-corrected chi connectivity index (χ4v) is 2.49. The van der Waals surface area contributed by atoms with Gasteiger partial charge in [-0.15, -0.1) is 0 Å². The minimum Gasteiger partial charge on any atom is -0.481 e. The predicted molar refractivity (Wildman–Crippen MR) is 75.7 cm³/mol. The van der Waals surface area contributed by atoms with Crippen LogP contribution >= 0.6 is 0 Å². The van der Waals surface area contributed by atoms with Crippen LogP contribution in [0.5, 0.6) is 0 Å². The van der Waals surface area contributed by atoms with Gasteiger partial charge in [-0.05, 0) is 31.6 Å². The van der Waals surface area contributed by atoms with Crippen molar-refractivity contribution in [3.63, 3.8) is 0 Å². The number of ether oxygens (including phenoxy) is 1. The molecule has 120 valence electrons. The third-order valence-electron chi connectivity index (χ3n) is 4.20. The summed E-state index contributed by atoms with van der Waals surface area (Å²) in [7, 11) is 2.71. The Hall–Kier alpha value is -1.79. The Morgan fingerprint density at radius 2 is 1.90 bits per heavy atom. The number of nitrogens with zero attached hydrogens (tertiary/aromatic N) is 1. The first-order valence-electron chi connectivity index (χ1n) is 7.10. The topological polar surface area (TPSA) is 95.9 Å². The van der Waals surface area contributed by atoms with Crippen molar-refractivity contribution in [3.8, 4) is 0 Å². The lowest BCUT2D eigenvalue weighted by molar-refractivity contribution is -0.151. The fourth-order valence-electron chi connectivity index (χ4n) is 2.49. The second kappa shape index (κ2) is 7.28. The number of amides is 2. The molecule has 0 atom stereocenters. The minimum atomic E-state index is -0.895. The van der Waals surface area contributed by atoms with Gasteiger partial charge in [0.05, 0.1) is 12.5 Å². The molecule has 0 bridgehead atoms. The van der Waals surface area contributed by atoms with Gasteiger partial charge in [0.2, 0.25) is 0 Å². The van der Waals surface area contributed by atoms with Gasteiger partial charge in [0.1, 0.15) is 6.54 Å². The zero-order chi connectivity index (χ0) is 16.0. The standard InChI is InChI=1S/C14H24N2O5/c1-10-4-6-14(7-5-10,12(18)19)9-15-13(20)16(2)8-11(17)21-3/h10H,4-9H2,1-3H3,(H,15,20)(H,18,19). The van der Waals surface area contributed by atoms with Crippen molar-refractivity contribution in [2.75, 3.05) is 27.2 Å². The highest BCUT2D eigenvalue weighted by Crippen LogP contribution is 2.38. The van der Waals surface area contributed by atoms with Crippen molar-refractivity contribution in [2.24, 2.45) is 11.3 Å². The van der Waals surface area contributed by atoms with Crippen LogP contribution < -0.4 is 5.32 Å². The molecule has 1 fully saturated rings. The molecular weight excluding hydrogens is 276 g/mol. The van der Waals surface area contributed by atoms with Crippen LogP contribution in [0.1, 0.15) is 32.6 Å². The Kier molecular flexibility index (Phi) is 5.99. The van der Waals surface area contributed by atoms with E-state index in [1.54, 1.807) is 0 Å². The van der Waals surface area contributed by atoms with Gasteiger partial charge in [0, 0.05) is 13.6 Å². The van der Waals surface area contributed by atoms with E-state index in [-0.39, 0.29) is 13.1 Å². The van der Waals surface area contributed by atoms with E-state index in [1.165, 1.54) is 19.1 Å². The molecule has 7 nitrogen and oxygen atoms in total. The number of nitrogens with one attached hydrogen (secondary N) is 1. The van der Waals surface area contributed by atoms with Crippen LogP contribution in [-0.2, 0) is 14.3 Å². The summed E-state index contributed by atoms with van der Waals surface area (Å²) in [6.45, 7) is 2.02. The van der Waals surface area contributed by atoms with Crippen LogP contribution in [0.3, 0.4) is 0 Å². The molecule has 0 aromatic heterocycles. The van der Waals surface area contributed by atoms with Crippen molar-refractivity contribution < 1.29 is 24.2 Å². The first-order valence-corrected chi connectivity index (χ1v) is 7.10. The van der Waals surface area contributed by atoms with Crippen LogP contribution in [0, 0.1) is 11.3 Å². The zero-order valence-corrected chi connectivity index (χ0v) is 12.8. The number of carboxylic acids is 1. The summed E-state index contributed by atoms with van der Waals surface area (Å²) in [4.78, 5) is 35.7. The molecule has 1 aliphatic rings. The van der Waals surface area contributed by atoms with Crippen LogP contribution in [0.15, 0.2) is 0 Å². The fraction of sp³-hybridized carbons (Fsp3) is 0.786. The van der Waals surface area contributed by atoms with Gasteiger partial charge in [-0.25, -0.2) is 4.79 Å². The van der Waals surface area contributed by atoms with Crippen LogP contribution in [0.2, 0.25) is 0 Å². The number of hydrogen-bond acceptors (Lipinski definition) is 4. The van der Waals surface area contributed by atoms with E-state index in [2.05, 4.69) is 17.0 Å². The first kappa shape index (κ1) is 17.3. The van der Waals surface area contributed by atoms with E-state index < -0.39 is 23.4 Å². The molecule has 7 heteroatoms. The summed E-state index contributed by atoms with van der Waals surface area (Å²) in [6.07, 6.45) is 2.81. The number of methoxy groups -OCH3 is 1. The Labute approximate surface area is 124 Å². The van der Waals surface area contributed by atoms with E-state index in [9.17, 15) is 19.5 Å². The Morgan fingerprint density at radius 1 is 1.33 bits per heavy atom. The molecule has 2 N–H and O–H groups in total. The number of carboxylic acid groups (broad SMARTS) is 1. The van der Waals surface area contributed by atoms with Gasteiger partial charge in [0.15, 0.2) is 0 Å². The van der Waals surface area contributed by atoms with Crippen molar-refractivity contribution >= 4 is 18.0 Å². The van der Waals surface area contributed by atoms with E-state index in [4.69, 9.17) is 0 Å². The van der Waals surface area contributed by atoms with E-state index >= 15 is 0 Å². The predicted octanol–water partition coefficient (Wildman–Crippen LogP) is 1.08. The van der Waals surface area contributed by atoms with E-state index in [1.807, 2.05) is 0 Å². The Morgan fingerprint density at radius 3 is 2.38 bits per heavy atom. The van der Waals surface area contributed by atoms with E-state index in [0.29, 0.717) is 18.8 Å². The summed E-state index contributed by atoms with van der Waals surface area (Å²) in [5.41, 5.74) is -0.895. The third kappa shape index (κ3) is 4.61. The normalized spacial score (nSPS) is 25.0. The maximum atomic E-state index is 11.9. The van der Waals surface area contributed by atoms with Crippen LogP contribution in [-0.4, -0.2) is 55.2 Å². The molecule has 21 heavy (non-hydrogen) atoms. The molecule has 2 amide bonds. The second-order valence-electron chi connectivity index (χ2n) is 5.86. The van der Waals surface area contributed by atoms with Gasteiger partial charge in [0.25, 0.3) is 0 Å². The highest BCUT2D eigenvalue weighted by Gasteiger charge is 2.41. The average molecular weight is 300 g/mol. The summed E-state index contributed by atoms with van der Waals surface area (Å²) in [5.74, 6) is -0.868. The number of urea groups is 1. The summed E-state index contributed by atoms with van der Waals surface area (Å²) in [5, 5.41) is 12.1. The summed E-state index contributed by atoms with van der Waals surface area (Å²) in [6, 6.07) is -0.473. The number of carbonyl (C=O) groups is 3. The minimum absolute atomic E-state index is 0.0827. The molecule has 0 aliphatic heterocycles. The quantitative estimate of drug-likeness (QED) is 0.741. The smallest absolute Gasteiger partial charge is 0.325 e. The van der Waals surface area contributed by atoms with Gasteiger partial charge < -0.3 is 20.1 Å². The van der Waals surface area contributed by atoms with E-state index in [0.717, 1.165) is 12.8 Å². The van der Waals surface area contributed by atoms with Crippen molar-refractivity contribution in [2.45, 2.75) is 32.6 Å². The lowest BCUT2D eigenvalue weighted by Crippen LogP contribution is -2.49. The number of carbonyl (C=O) groups excluding carboxylic acids is 2. The number of rotatable bonds is 5. The SMILES string of the molecule is COC(=O)CN(C)C(=O)NCC1(C(=O)O)CCC(C)CC1. The maximum Gasteiger partial charge on any atom is 0.325 e. The average Bonchev–Trinajstić information content (AvgIpc) is 2.46. The number of aliphatic carboxylic acids is 1. The molecule has 0 aromatic carbocycles. The largest absolute Gasteiger partial charge is 0.481 e. The molecule has 0 aromatic rings. The number of hydrogen-bond donors (Lipinski definition) is 2. The molecule has 0 saturated heterocycles. The molecular formula is C14H24N2O5.